The minimum atomic E-state index is -0.290. The molecule has 3 rings (SSSR count). The first-order chi connectivity index (χ1) is 14.8. The number of carbonyl (C=O) groups is 1. The number of carbonyl (C=O) groups excluding carboxylic acids is 1. The third kappa shape index (κ3) is 5.93. The van der Waals surface area contributed by atoms with Crippen LogP contribution >= 0.6 is 0 Å². The monoisotopic (exact) mass is 426 g/mol. The Balaban J connectivity index is 1.66. The summed E-state index contributed by atoms with van der Waals surface area (Å²) in [6.45, 7) is 11.5. The Kier molecular flexibility index (Phi) is 7.88. The van der Waals surface area contributed by atoms with E-state index in [1.165, 1.54) is 48.8 Å². The van der Waals surface area contributed by atoms with Gasteiger partial charge in [-0.1, -0.05) is 65.0 Å². The Hall–Kier alpha value is -1.77. The third-order valence-corrected chi connectivity index (χ3v) is 7.03. The molecule has 0 saturated heterocycles. The van der Waals surface area contributed by atoms with Gasteiger partial charge in [-0.25, -0.2) is 0 Å². The highest BCUT2D eigenvalue weighted by Gasteiger charge is 2.53. The summed E-state index contributed by atoms with van der Waals surface area (Å²) in [5.41, 5.74) is 3.53. The minimum Gasteiger partial charge on any atom is -0.483 e. The van der Waals surface area contributed by atoms with Crippen molar-refractivity contribution in [2.75, 3.05) is 6.61 Å². The van der Waals surface area contributed by atoms with Gasteiger partial charge < -0.3 is 9.47 Å². The predicted octanol–water partition coefficient (Wildman–Crippen LogP) is 7.61. The zero-order chi connectivity index (χ0) is 22.5. The SMILES string of the molecule is CCCCCCCC(=O)OC[C@]1(c2ccc3c(c2)OC(C)(C)C=C3CCCC)C[C@@H]1C. The quantitative estimate of drug-likeness (QED) is 0.255. The molecule has 0 aromatic heterocycles. The summed E-state index contributed by atoms with van der Waals surface area (Å²) in [6.07, 6.45) is 13.1. The van der Waals surface area contributed by atoms with Crippen molar-refractivity contribution in [1.82, 2.24) is 0 Å². The van der Waals surface area contributed by atoms with Gasteiger partial charge in [0.15, 0.2) is 0 Å². The maximum absolute atomic E-state index is 12.3. The summed E-state index contributed by atoms with van der Waals surface area (Å²) < 4.78 is 12.1. The number of hydrogen-bond donors (Lipinski definition) is 0. The van der Waals surface area contributed by atoms with Crippen LogP contribution in [0.2, 0.25) is 0 Å². The van der Waals surface area contributed by atoms with Crippen LogP contribution in [0.25, 0.3) is 5.57 Å². The summed E-state index contributed by atoms with van der Waals surface area (Å²) in [4.78, 5) is 12.3. The standard InChI is InChI=1S/C28H42O3/c1-6-8-10-11-12-14-26(29)30-20-28(18-21(28)3)23-15-16-24-22(13-9-7-2)19-27(4,5)31-25(24)17-23/h15-17,19,21H,6-14,18,20H2,1-5H3/t21-,28+/m0/s1. The average Bonchev–Trinajstić information content (AvgIpc) is 3.40. The molecule has 172 valence electrons. The number of allylic oxidation sites excluding steroid dienone is 1. The molecule has 0 unspecified atom stereocenters. The molecule has 1 aliphatic heterocycles. The number of benzene rings is 1. The lowest BCUT2D eigenvalue weighted by molar-refractivity contribution is -0.144. The lowest BCUT2D eigenvalue weighted by Crippen LogP contribution is -2.29. The van der Waals surface area contributed by atoms with Gasteiger partial charge in [-0.2, -0.15) is 0 Å². The summed E-state index contributed by atoms with van der Waals surface area (Å²) in [5.74, 6) is 1.46. The molecule has 1 aromatic rings. The highest BCUT2D eigenvalue weighted by Crippen LogP contribution is 2.55. The van der Waals surface area contributed by atoms with E-state index in [0.717, 1.165) is 31.4 Å². The van der Waals surface area contributed by atoms with Crippen molar-refractivity contribution in [3.63, 3.8) is 0 Å². The van der Waals surface area contributed by atoms with Gasteiger partial charge in [0.1, 0.15) is 18.0 Å². The fourth-order valence-corrected chi connectivity index (χ4v) is 4.89. The number of unbranched alkanes of at least 4 members (excludes halogenated alkanes) is 5. The number of hydrogen-bond acceptors (Lipinski definition) is 3. The van der Waals surface area contributed by atoms with E-state index in [0.29, 0.717) is 18.9 Å². The van der Waals surface area contributed by atoms with Crippen LogP contribution in [-0.2, 0) is 14.9 Å². The fourth-order valence-electron chi connectivity index (χ4n) is 4.89. The molecule has 0 radical (unpaired) electrons. The van der Waals surface area contributed by atoms with Crippen LogP contribution in [-0.4, -0.2) is 18.2 Å². The van der Waals surface area contributed by atoms with E-state index in [-0.39, 0.29) is 17.0 Å². The second kappa shape index (κ2) is 10.2. The summed E-state index contributed by atoms with van der Waals surface area (Å²) >= 11 is 0. The van der Waals surface area contributed by atoms with Gasteiger partial charge in [-0.15, -0.1) is 0 Å². The highest BCUT2D eigenvalue weighted by molar-refractivity contribution is 5.74. The second-order valence-electron chi connectivity index (χ2n) is 10.3. The highest BCUT2D eigenvalue weighted by atomic mass is 16.5. The third-order valence-electron chi connectivity index (χ3n) is 7.03. The molecule has 1 heterocycles. The van der Waals surface area contributed by atoms with E-state index in [1.54, 1.807) is 0 Å². The number of rotatable bonds is 12. The van der Waals surface area contributed by atoms with E-state index in [9.17, 15) is 4.79 Å². The van der Waals surface area contributed by atoms with Crippen LogP contribution in [0, 0.1) is 5.92 Å². The number of ether oxygens (including phenoxy) is 2. The van der Waals surface area contributed by atoms with Gasteiger partial charge >= 0.3 is 5.97 Å². The first kappa shape index (κ1) is 23.9. The minimum absolute atomic E-state index is 0.0462. The molecule has 31 heavy (non-hydrogen) atoms. The van der Waals surface area contributed by atoms with Gasteiger partial charge in [-0.3, -0.25) is 4.79 Å². The maximum atomic E-state index is 12.3. The fraction of sp³-hybridized carbons (Fsp3) is 0.679. The zero-order valence-electron chi connectivity index (χ0n) is 20.4. The van der Waals surface area contributed by atoms with E-state index in [2.05, 4.69) is 58.9 Å². The van der Waals surface area contributed by atoms with Crippen LogP contribution in [0.1, 0.15) is 110 Å². The van der Waals surface area contributed by atoms with Gasteiger partial charge in [0, 0.05) is 17.4 Å². The largest absolute Gasteiger partial charge is 0.483 e. The van der Waals surface area contributed by atoms with Crippen molar-refractivity contribution in [2.24, 2.45) is 5.92 Å². The molecule has 1 aliphatic carbocycles. The Morgan fingerprint density at radius 3 is 2.48 bits per heavy atom. The first-order valence-corrected chi connectivity index (χ1v) is 12.5. The first-order valence-electron chi connectivity index (χ1n) is 12.5. The lowest BCUT2D eigenvalue weighted by atomic mass is 9.87. The molecule has 2 atom stereocenters. The summed E-state index contributed by atoms with van der Waals surface area (Å²) in [5, 5.41) is 0. The van der Waals surface area contributed by atoms with Crippen LogP contribution in [0.15, 0.2) is 24.3 Å². The van der Waals surface area contributed by atoms with E-state index >= 15 is 0 Å². The number of esters is 1. The smallest absolute Gasteiger partial charge is 0.305 e. The molecule has 1 aromatic carbocycles. The topological polar surface area (TPSA) is 35.5 Å². The second-order valence-corrected chi connectivity index (χ2v) is 10.3. The molecule has 0 amide bonds. The molecule has 0 spiro atoms. The molecule has 1 fully saturated rings. The Labute approximate surface area is 189 Å². The zero-order valence-corrected chi connectivity index (χ0v) is 20.4. The summed E-state index contributed by atoms with van der Waals surface area (Å²) in [6, 6.07) is 6.68. The molecule has 0 bridgehead atoms. The van der Waals surface area contributed by atoms with Crippen molar-refractivity contribution in [2.45, 2.75) is 110 Å². The van der Waals surface area contributed by atoms with Crippen molar-refractivity contribution < 1.29 is 14.3 Å². The van der Waals surface area contributed by atoms with E-state index in [4.69, 9.17) is 9.47 Å². The van der Waals surface area contributed by atoms with E-state index in [1.807, 2.05) is 0 Å². The van der Waals surface area contributed by atoms with Crippen molar-refractivity contribution >= 4 is 11.5 Å². The van der Waals surface area contributed by atoms with Crippen LogP contribution < -0.4 is 4.74 Å². The lowest BCUT2D eigenvalue weighted by Gasteiger charge is -2.32. The Morgan fingerprint density at radius 1 is 1.10 bits per heavy atom. The van der Waals surface area contributed by atoms with Gasteiger partial charge in [0.25, 0.3) is 0 Å². The van der Waals surface area contributed by atoms with Crippen molar-refractivity contribution in [1.29, 1.82) is 0 Å². The normalized spacial score (nSPS) is 23.5. The average molecular weight is 427 g/mol. The van der Waals surface area contributed by atoms with Gasteiger partial charge in [-0.05, 0) is 68.7 Å². The molecular weight excluding hydrogens is 384 g/mol. The summed E-state index contributed by atoms with van der Waals surface area (Å²) in [7, 11) is 0. The van der Waals surface area contributed by atoms with Crippen LogP contribution in [0.3, 0.4) is 0 Å². The van der Waals surface area contributed by atoms with Crippen LogP contribution in [0.5, 0.6) is 5.75 Å². The Bertz CT molecular complexity index is 791. The molecule has 1 saturated carbocycles. The van der Waals surface area contributed by atoms with Gasteiger partial charge in [0.05, 0.1) is 0 Å². The molecule has 2 aliphatic rings. The van der Waals surface area contributed by atoms with Gasteiger partial charge in [0.2, 0.25) is 0 Å². The van der Waals surface area contributed by atoms with Crippen molar-refractivity contribution in [3.05, 3.63) is 35.4 Å². The number of fused-ring (bicyclic) bond motifs is 1. The Morgan fingerprint density at radius 2 is 1.81 bits per heavy atom. The molecule has 0 N–H and O–H groups in total. The predicted molar refractivity (Wildman–Crippen MR) is 128 cm³/mol. The molecule has 3 heteroatoms. The molecule has 3 nitrogen and oxygen atoms in total. The maximum Gasteiger partial charge on any atom is 0.305 e. The van der Waals surface area contributed by atoms with E-state index < -0.39 is 0 Å². The van der Waals surface area contributed by atoms with Crippen molar-refractivity contribution in [3.8, 4) is 5.75 Å². The van der Waals surface area contributed by atoms with Crippen LogP contribution in [0.4, 0.5) is 0 Å². The molecular formula is C28H42O3.